The van der Waals surface area contributed by atoms with Gasteiger partial charge in [-0.15, -0.1) is 6.58 Å². The second-order valence-electron chi connectivity index (χ2n) is 4.76. The molecule has 5 heteroatoms. The van der Waals surface area contributed by atoms with Crippen molar-refractivity contribution in [3.8, 4) is 5.75 Å². The third-order valence-electron chi connectivity index (χ3n) is 3.14. The Morgan fingerprint density at radius 2 is 1.74 bits per heavy atom. The van der Waals surface area contributed by atoms with Crippen LogP contribution in [-0.2, 0) is 0 Å². The fourth-order valence-corrected chi connectivity index (χ4v) is 1.95. The van der Waals surface area contributed by atoms with E-state index in [9.17, 15) is 9.59 Å². The zero-order valence-corrected chi connectivity index (χ0v) is 12.8. The van der Waals surface area contributed by atoms with E-state index in [1.54, 1.807) is 61.7 Å². The monoisotopic (exact) mass is 310 g/mol. The van der Waals surface area contributed by atoms with Gasteiger partial charge in [-0.05, 0) is 42.5 Å². The summed E-state index contributed by atoms with van der Waals surface area (Å²) in [6.45, 7) is 3.92. The number of hydrogen-bond acceptors (Lipinski definition) is 3. The maximum absolute atomic E-state index is 12.3. The second kappa shape index (κ2) is 7.79. The lowest BCUT2D eigenvalue weighted by molar-refractivity contribution is 0.0958. The Labute approximate surface area is 135 Å². The minimum Gasteiger partial charge on any atom is -0.497 e. The Morgan fingerprint density at radius 3 is 2.35 bits per heavy atom. The van der Waals surface area contributed by atoms with Crippen LogP contribution in [0.4, 0.5) is 5.69 Å². The van der Waals surface area contributed by atoms with Crippen LogP contribution < -0.4 is 15.4 Å². The number of carbonyl (C=O) groups is 2. The van der Waals surface area contributed by atoms with Gasteiger partial charge < -0.3 is 15.4 Å². The van der Waals surface area contributed by atoms with E-state index in [-0.39, 0.29) is 11.8 Å². The first-order valence-corrected chi connectivity index (χ1v) is 7.08. The maximum atomic E-state index is 12.3. The van der Waals surface area contributed by atoms with Crippen molar-refractivity contribution >= 4 is 17.5 Å². The molecule has 2 aromatic carbocycles. The number of nitrogens with one attached hydrogen (secondary N) is 2. The van der Waals surface area contributed by atoms with Crippen molar-refractivity contribution in [2.24, 2.45) is 0 Å². The number of hydrogen-bond donors (Lipinski definition) is 2. The van der Waals surface area contributed by atoms with Crippen LogP contribution in [0, 0.1) is 0 Å². The van der Waals surface area contributed by atoms with Gasteiger partial charge in [0.15, 0.2) is 0 Å². The molecule has 118 valence electrons. The highest BCUT2D eigenvalue weighted by atomic mass is 16.5. The van der Waals surface area contributed by atoms with Crippen LogP contribution in [0.25, 0.3) is 0 Å². The van der Waals surface area contributed by atoms with Gasteiger partial charge in [-0.1, -0.05) is 12.1 Å². The van der Waals surface area contributed by atoms with Gasteiger partial charge >= 0.3 is 0 Å². The van der Waals surface area contributed by atoms with Crippen LogP contribution in [0.1, 0.15) is 20.7 Å². The highest BCUT2D eigenvalue weighted by Crippen LogP contribution is 2.16. The highest BCUT2D eigenvalue weighted by molar-refractivity contribution is 6.06. The quantitative estimate of drug-likeness (QED) is 0.806. The average molecular weight is 310 g/mol. The third-order valence-corrected chi connectivity index (χ3v) is 3.14. The summed E-state index contributed by atoms with van der Waals surface area (Å²) < 4.78 is 5.07. The lowest BCUT2D eigenvalue weighted by atomic mass is 10.1. The third kappa shape index (κ3) is 4.44. The van der Waals surface area contributed by atoms with Gasteiger partial charge in [0.05, 0.1) is 7.11 Å². The Hall–Kier alpha value is -3.08. The molecule has 0 saturated heterocycles. The normalized spacial score (nSPS) is 9.78. The minimum atomic E-state index is -0.284. The molecule has 0 aliphatic rings. The van der Waals surface area contributed by atoms with Crippen LogP contribution in [0.15, 0.2) is 61.2 Å². The van der Waals surface area contributed by atoms with Crippen molar-refractivity contribution in [2.75, 3.05) is 19.0 Å². The molecule has 0 unspecified atom stereocenters. The molecular formula is C18H18N2O3. The summed E-state index contributed by atoms with van der Waals surface area (Å²) in [4.78, 5) is 24.2. The Bertz CT molecular complexity index is 708. The van der Waals surface area contributed by atoms with Crippen LogP contribution in [0.2, 0.25) is 0 Å². The summed E-state index contributed by atoms with van der Waals surface area (Å²) in [5, 5.41) is 5.45. The molecule has 0 bridgehead atoms. The molecule has 2 amide bonds. The molecule has 0 aliphatic heterocycles. The Morgan fingerprint density at radius 1 is 1.09 bits per heavy atom. The first-order chi connectivity index (χ1) is 11.1. The van der Waals surface area contributed by atoms with Crippen molar-refractivity contribution in [3.05, 3.63) is 72.3 Å². The van der Waals surface area contributed by atoms with E-state index in [0.29, 0.717) is 29.1 Å². The van der Waals surface area contributed by atoms with Crippen molar-refractivity contribution in [1.29, 1.82) is 0 Å². The Balaban J connectivity index is 2.09. The van der Waals surface area contributed by atoms with E-state index in [0.717, 1.165) is 0 Å². The predicted octanol–water partition coefficient (Wildman–Crippen LogP) is 2.86. The average Bonchev–Trinajstić information content (AvgIpc) is 2.60. The molecule has 0 fully saturated rings. The molecule has 0 atom stereocenters. The SMILES string of the molecule is C=CCNC(=O)c1cccc(C(=O)Nc2ccc(OC)cc2)c1. The maximum Gasteiger partial charge on any atom is 0.255 e. The predicted molar refractivity (Wildman–Crippen MR) is 89.9 cm³/mol. The summed E-state index contributed by atoms with van der Waals surface area (Å²) in [7, 11) is 1.58. The van der Waals surface area contributed by atoms with E-state index >= 15 is 0 Å². The zero-order valence-electron chi connectivity index (χ0n) is 12.8. The van der Waals surface area contributed by atoms with Gasteiger partial charge in [-0.2, -0.15) is 0 Å². The standard InChI is InChI=1S/C18H18N2O3/c1-3-11-19-17(21)13-5-4-6-14(12-13)18(22)20-15-7-9-16(23-2)10-8-15/h3-10,12H,1,11H2,2H3,(H,19,21)(H,20,22). The van der Waals surface area contributed by atoms with E-state index in [4.69, 9.17) is 4.74 Å². The van der Waals surface area contributed by atoms with E-state index in [1.165, 1.54) is 0 Å². The van der Waals surface area contributed by atoms with Crippen LogP contribution in [0.5, 0.6) is 5.75 Å². The first kappa shape index (κ1) is 16.3. The van der Waals surface area contributed by atoms with Gasteiger partial charge in [-0.25, -0.2) is 0 Å². The van der Waals surface area contributed by atoms with Gasteiger partial charge in [-0.3, -0.25) is 9.59 Å². The number of anilines is 1. The van der Waals surface area contributed by atoms with E-state index in [2.05, 4.69) is 17.2 Å². The molecule has 0 saturated carbocycles. The molecule has 0 aromatic heterocycles. The van der Waals surface area contributed by atoms with Crippen molar-refractivity contribution in [3.63, 3.8) is 0 Å². The molecule has 0 radical (unpaired) electrons. The molecular weight excluding hydrogens is 292 g/mol. The molecule has 2 N–H and O–H groups in total. The minimum absolute atomic E-state index is 0.246. The summed E-state index contributed by atoms with van der Waals surface area (Å²) in [5.41, 5.74) is 1.48. The number of carbonyl (C=O) groups excluding carboxylic acids is 2. The topological polar surface area (TPSA) is 67.4 Å². The number of benzene rings is 2. The molecule has 2 aromatic rings. The molecule has 0 aliphatic carbocycles. The molecule has 0 spiro atoms. The van der Waals surface area contributed by atoms with Gasteiger partial charge in [0.25, 0.3) is 11.8 Å². The van der Waals surface area contributed by atoms with E-state index in [1.807, 2.05) is 0 Å². The molecule has 0 heterocycles. The van der Waals surface area contributed by atoms with Crippen molar-refractivity contribution in [1.82, 2.24) is 5.32 Å². The number of amides is 2. The molecule has 5 nitrogen and oxygen atoms in total. The molecule has 2 rings (SSSR count). The summed E-state index contributed by atoms with van der Waals surface area (Å²) in [5.74, 6) is 0.182. The summed E-state index contributed by atoms with van der Waals surface area (Å²) in [6.07, 6.45) is 1.60. The Kier molecular flexibility index (Phi) is 5.52. The largest absolute Gasteiger partial charge is 0.497 e. The van der Waals surface area contributed by atoms with Crippen LogP contribution in [-0.4, -0.2) is 25.5 Å². The molecule has 23 heavy (non-hydrogen) atoms. The first-order valence-electron chi connectivity index (χ1n) is 7.08. The van der Waals surface area contributed by atoms with Gasteiger partial charge in [0, 0.05) is 23.4 Å². The zero-order chi connectivity index (χ0) is 16.7. The number of ether oxygens (including phenoxy) is 1. The fourth-order valence-electron chi connectivity index (χ4n) is 1.95. The van der Waals surface area contributed by atoms with Crippen LogP contribution >= 0.6 is 0 Å². The second-order valence-corrected chi connectivity index (χ2v) is 4.76. The highest BCUT2D eigenvalue weighted by Gasteiger charge is 2.10. The van der Waals surface area contributed by atoms with Gasteiger partial charge in [0.1, 0.15) is 5.75 Å². The van der Waals surface area contributed by atoms with Crippen molar-refractivity contribution < 1.29 is 14.3 Å². The summed E-state index contributed by atoms with van der Waals surface area (Å²) >= 11 is 0. The van der Waals surface area contributed by atoms with Crippen LogP contribution in [0.3, 0.4) is 0 Å². The smallest absolute Gasteiger partial charge is 0.255 e. The summed E-state index contributed by atoms with van der Waals surface area (Å²) in [6, 6.07) is 13.5. The lowest BCUT2D eigenvalue weighted by Crippen LogP contribution is -2.23. The van der Waals surface area contributed by atoms with Gasteiger partial charge in [0.2, 0.25) is 0 Å². The van der Waals surface area contributed by atoms with E-state index < -0.39 is 0 Å². The lowest BCUT2D eigenvalue weighted by Gasteiger charge is -2.08. The fraction of sp³-hybridized carbons (Fsp3) is 0.111. The number of rotatable bonds is 6. The van der Waals surface area contributed by atoms with Crippen molar-refractivity contribution in [2.45, 2.75) is 0 Å². The number of methoxy groups -OCH3 is 1.